The molecule has 15 heavy (non-hydrogen) atoms. The van der Waals surface area contributed by atoms with Crippen LogP contribution < -0.4 is 5.32 Å². The first-order valence-electron chi connectivity index (χ1n) is 6.18. The molecule has 0 aromatic rings. The molecule has 1 aliphatic carbocycles. The molecule has 2 heteroatoms. The van der Waals surface area contributed by atoms with Crippen LogP contribution in [0.15, 0.2) is 0 Å². The van der Waals surface area contributed by atoms with Gasteiger partial charge in [0.2, 0.25) is 0 Å². The zero-order valence-electron chi connectivity index (χ0n) is 11.1. The fourth-order valence-corrected chi connectivity index (χ4v) is 3.48. The third-order valence-electron chi connectivity index (χ3n) is 4.91. The van der Waals surface area contributed by atoms with Gasteiger partial charge in [-0.2, -0.15) is 0 Å². The van der Waals surface area contributed by atoms with Crippen molar-refractivity contribution in [3.63, 3.8) is 0 Å². The largest absolute Gasteiger partial charge is 0.309 e. The van der Waals surface area contributed by atoms with E-state index in [2.05, 4.69) is 51.8 Å². The minimum atomic E-state index is 0.285. The highest BCUT2D eigenvalue weighted by Gasteiger charge is 2.67. The summed E-state index contributed by atoms with van der Waals surface area (Å²) in [6.07, 6.45) is 0. The molecule has 0 atom stereocenters. The Morgan fingerprint density at radius 3 is 1.93 bits per heavy atom. The molecule has 0 aromatic heterocycles. The molecule has 1 N–H and O–H groups in total. The van der Waals surface area contributed by atoms with Crippen molar-refractivity contribution in [2.24, 2.45) is 10.8 Å². The normalized spacial score (nSPS) is 34.0. The molecule has 0 spiro atoms. The van der Waals surface area contributed by atoms with Crippen LogP contribution in [0.3, 0.4) is 0 Å². The Hall–Kier alpha value is -0.0800. The van der Waals surface area contributed by atoms with Gasteiger partial charge < -0.3 is 5.32 Å². The van der Waals surface area contributed by atoms with Crippen molar-refractivity contribution in [3.8, 4) is 0 Å². The van der Waals surface area contributed by atoms with E-state index in [4.69, 9.17) is 0 Å². The lowest BCUT2D eigenvalue weighted by molar-refractivity contribution is 0.127. The highest BCUT2D eigenvalue weighted by atomic mass is 15.3. The Morgan fingerprint density at radius 1 is 1.00 bits per heavy atom. The fraction of sp³-hybridized carbons (Fsp3) is 1.00. The van der Waals surface area contributed by atoms with E-state index in [1.54, 1.807) is 0 Å². The molecule has 0 aromatic carbocycles. The fourth-order valence-electron chi connectivity index (χ4n) is 3.48. The van der Waals surface area contributed by atoms with Crippen LogP contribution >= 0.6 is 0 Å². The van der Waals surface area contributed by atoms with Crippen molar-refractivity contribution in [2.75, 3.05) is 19.6 Å². The lowest BCUT2D eigenvalue weighted by Crippen LogP contribution is -2.58. The minimum Gasteiger partial charge on any atom is -0.309 e. The third kappa shape index (κ3) is 1.62. The molecule has 2 rings (SSSR count). The molecular formula is C13H26N2. The minimum absolute atomic E-state index is 0.285. The Kier molecular flexibility index (Phi) is 2.27. The number of hydrogen-bond donors (Lipinski definition) is 1. The van der Waals surface area contributed by atoms with Gasteiger partial charge in [-0.25, -0.2) is 0 Å². The maximum absolute atomic E-state index is 3.58. The highest BCUT2D eigenvalue weighted by Crippen LogP contribution is 2.65. The maximum atomic E-state index is 3.58. The van der Waals surface area contributed by atoms with Gasteiger partial charge >= 0.3 is 0 Å². The number of nitrogens with zero attached hydrogens (tertiary/aromatic N) is 1. The van der Waals surface area contributed by atoms with Crippen LogP contribution in [0.5, 0.6) is 0 Å². The zero-order chi connectivity index (χ0) is 11.5. The van der Waals surface area contributed by atoms with E-state index in [0.717, 1.165) is 12.6 Å². The second kappa shape index (κ2) is 2.98. The first-order valence-corrected chi connectivity index (χ1v) is 6.18. The van der Waals surface area contributed by atoms with Crippen LogP contribution in [-0.4, -0.2) is 36.1 Å². The molecule has 0 bridgehead atoms. The molecule has 2 aliphatic rings. The molecule has 0 amide bonds. The summed E-state index contributed by atoms with van der Waals surface area (Å²) < 4.78 is 0. The van der Waals surface area contributed by atoms with Crippen molar-refractivity contribution in [3.05, 3.63) is 0 Å². The number of hydrogen-bond acceptors (Lipinski definition) is 2. The quantitative estimate of drug-likeness (QED) is 0.713. The standard InChI is InChI=1S/C13H26N2/c1-11(2)9-15(8-7-14-11)10-12(3,4)13(10,5)6/h10,14H,7-9H2,1-6H3. The molecule has 1 saturated carbocycles. The van der Waals surface area contributed by atoms with Crippen LogP contribution in [0, 0.1) is 10.8 Å². The second-order valence-electron chi connectivity index (χ2n) is 7.13. The van der Waals surface area contributed by atoms with Gasteiger partial charge in [0.1, 0.15) is 0 Å². The predicted octanol–water partition coefficient (Wildman–Crippen LogP) is 2.10. The smallest absolute Gasteiger partial charge is 0.0252 e. The summed E-state index contributed by atoms with van der Waals surface area (Å²) in [5.41, 5.74) is 1.26. The van der Waals surface area contributed by atoms with Crippen molar-refractivity contribution < 1.29 is 0 Å². The summed E-state index contributed by atoms with van der Waals surface area (Å²) in [6.45, 7) is 17.8. The first kappa shape index (κ1) is 11.4. The summed E-state index contributed by atoms with van der Waals surface area (Å²) in [6, 6.07) is 0.770. The SMILES string of the molecule is CC1(C)CN(C2C(C)(C)C2(C)C)CCN1. The van der Waals surface area contributed by atoms with Crippen molar-refractivity contribution in [1.82, 2.24) is 10.2 Å². The Morgan fingerprint density at radius 2 is 1.53 bits per heavy atom. The Bertz CT molecular complexity index is 252. The Balaban J connectivity index is 2.08. The molecule has 0 unspecified atom stereocenters. The van der Waals surface area contributed by atoms with E-state index < -0.39 is 0 Å². The zero-order valence-corrected chi connectivity index (χ0v) is 11.1. The first-order chi connectivity index (χ1) is 6.68. The van der Waals surface area contributed by atoms with Crippen molar-refractivity contribution >= 4 is 0 Å². The lowest BCUT2D eigenvalue weighted by Gasteiger charge is -2.40. The van der Waals surface area contributed by atoms with Crippen LogP contribution in [-0.2, 0) is 0 Å². The van der Waals surface area contributed by atoms with Crippen LogP contribution in [0.1, 0.15) is 41.5 Å². The van der Waals surface area contributed by atoms with Gasteiger partial charge in [-0.3, -0.25) is 4.90 Å². The van der Waals surface area contributed by atoms with Gasteiger partial charge in [-0.05, 0) is 24.7 Å². The number of nitrogens with one attached hydrogen (secondary N) is 1. The molecule has 88 valence electrons. The topological polar surface area (TPSA) is 15.3 Å². The van der Waals surface area contributed by atoms with Crippen LogP contribution in [0.25, 0.3) is 0 Å². The average molecular weight is 210 g/mol. The molecule has 1 saturated heterocycles. The van der Waals surface area contributed by atoms with Crippen molar-refractivity contribution in [1.29, 1.82) is 0 Å². The molecule has 1 heterocycles. The highest BCUT2D eigenvalue weighted by molar-refractivity contribution is 5.19. The van der Waals surface area contributed by atoms with Crippen LogP contribution in [0.4, 0.5) is 0 Å². The maximum Gasteiger partial charge on any atom is 0.0252 e. The summed E-state index contributed by atoms with van der Waals surface area (Å²) in [7, 11) is 0. The van der Waals surface area contributed by atoms with Gasteiger partial charge in [0.25, 0.3) is 0 Å². The van der Waals surface area contributed by atoms with E-state index in [0.29, 0.717) is 10.8 Å². The van der Waals surface area contributed by atoms with Gasteiger partial charge in [0, 0.05) is 31.2 Å². The summed E-state index contributed by atoms with van der Waals surface area (Å²) >= 11 is 0. The summed E-state index contributed by atoms with van der Waals surface area (Å²) in [4.78, 5) is 2.69. The third-order valence-corrected chi connectivity index (χ3v) is 4.91. The van der Waals surface area contributed by atoms with Gasteiger partial charge in [-0.1, -0.05) is 27.7 Å². The van der Waals surface area contributed by atoms with E-state index in [-0.39, 0.29) is 5.54 Å². The van der Waals surface area contributed by atoms with E-state index in [1.165, 1.54) is 13.1 Å². The second-order valence-corrected chi connectivity index (χ2v) is 7.13. The van der Waals surface area contributed by atoms with E-state index in [9.17, 15) is 0 Å². The van der Waals surface area contributed by atoms with Gasteiger partial charge in [0.05, 0.1) is 0 Å². The Labute approximate surface area is 94.4 Å². The molecule has 1 aliphatic heterocycles. The molecular weight excluding hydrogens is 184 g/mol. The van der Waals surface area contributed by atoms with E-state index >= 15 is 0 Å². The average Bonchev–Trinajstić information content (AvgIpc) is 2.40. The summed E-state index contributed by atoms with van der Waals surface area (Å²) in [5.74, 6) is 0. The van der Waals surface area contributed by atoms with Crippen molar-refractivity contribution in [2.45, 2.75) is 53.1 Å². The number of rotatable bonds is 1. The monoisotopic (exact) mass is 210 g/mol. The predicted molar refractivity (Wildman–Crippen MR) is 65.0 cm³/mol. The van der Waals surface area contributed by atoms with Gasteiger partial charge in [-0.15, -0.1) is 0 Å². The lowest BCUT2D eigenvalue weighted by atomic mass is 10.0. The molecule has 2 nitrogen and oxygen atoms in total. The molecule has 0 radical (unpaired) electrons. The molecule has 2 fully saturated rings. The van der Waals surface area contributed by atoms with Crippen LogP contribution in [0.2, 0.25) is 0 Å². The summed E-state index contributed by atoms with van der Waals surface area (Å²) in [5, 5.41) is 3.58. The van der Waals surface area contributed by atoms with E-state index in [1.807, 2.05) is 0 Å². The number of piperazine rings is 1. The van der Waals surface area contributed by atoms with Gasteiger partial charge in [0.15, 0.2) is 0 Å².